The Balaban J connectivity index is 1.59. The molecular weight excluding hydrogens is 386 g/mol. The Morgan fingerprint density at radius 2 is 2.11 bits per heavy atom. The number of fused-ring (bicyclic) bond motifs is 1. The number of nitrogens with one attached hydrogen (secondary N) is 1. The molecule has 0 aromatic carbocycles. The van der Waals surface area contributed by atoms with E-state index in [1.165, 1.54) is 28.7 Å². The van der Waals surface area contributed by atoms with Crippen LogP contribution in [0.15, 0.2) is 22.9 Å². The molecule has 0 atom stereocenters. The van der Waals surface area contributed by atoms with E-state index in [0.29, 0.717) is 10.6 Å². The van der Waals surface area contributed by atoms with Gasteiger partial charge in [0.25, 0.3) is 5.91 Å². The summed E-state index contributed by atoms with van der Waals surface area (Å²) >= 11 is 2.91. The second-order valence-corrected chi connectivity index (χ2v) is 7.71. The first-order valence-corrected chi connectivity index (χ1v) is 10.3. The van der Waals surface area contributed by atoms with Crippen molar-refractivity contribution in [1.82, 2.24) is 0 Å². The number of carbonyl (C=O) groups excluding carboxylic acids is 3. The molecule has 1 N–H and O–H groups in total. The van der Waals surface area contributed by atoms with Crippen molar-refractivity contribution in [1.29, 1.82) is 0 Å². The molecule has 0 unspecified atom stereocenters. The van der Waals surface area contributed by atoms with Crippen LogP contribution in [0.2, 0.25) is 0 Å². The highest BCUT2D eigenvalue weighted by Crippen LogP contribution is 2.39. The van der Waals surface area contributed by atoms with Crippen LogP contribution in [-0.4, -0.2) is 31.1 Å². The summed E-state index contributed by atoms with van der Waals surface area (Å²) in [4.78, 5) is 37.2. The molecule has 6 nitrogen and oxygen atoms in total. The van der Waals surface area contributed by atoms with E-state index in [1.54, 1.807) is 13.0 Å². The summed E-state index contributed by atoms with van der Waals surface area (Å²) in [5.74, 6) is -1.52. The van der Waals surface area contributed by atoms with Crippen molar-refractivity contribution in [2.75, 3.05) is 18.5 Å². The van der Waals surface area contributed by atoms with Gasteiger partial charge in [-0.15, -0.1) is 11.3 Å². The van der Waals surface area contributed by atoms with Crippen LogP contribution in [0.25, 0.3) is 6.08 Å². The number of amides is 1. The molecular formula is C19H19NO5S2. The SMILES string of the molecule is CCOC(=O)c1c(NC(=O)COC(=O)/C=C/c2ccsc2)sc2c1CCC2. The molecule has 2 aromatic rings. The van der Waals surface area contributed by atoms with Gasteiger partial charge in [-0.25, -0.2) is 9.59 Å². The van der Waals surface area contributed by atoms with Gasteiger partial charge in [0.2, 0.25) is 0 Å². The lowest BCUT2D eigenvalue weighted by Gasteiger charge is -2.08. The van der Waals surface area contributed by atoms with Crippen LogP contribution >= 0.6 is 22.7 Å². The van der Waals surface area contributed by atoms with Crippen molar-refractivity contribution in [3.63, 3.8) is 0 Å². The average molecular weight is 405 g/mol. The van der Waals surface area contributed by atoms with E-state index in [0.717, 1.165) is 35.3 Å². The normalized spacial score (nSPS) is 12.8. The topological polar surface area (TPSA) is 81.7 Å². The fourth-order valence-corrected chi connectivity index (χ4v) is 4.72. The minimum absolute atomic E-state index is 0.269. The number of rotatable bonds is 7. The van der Waals surface area contributed by atoms with Crippen molar-refractivity contribution in [3.8, 4) is 0 Å². The fourth-order valence-electron chi connectivity index (χ4n) is 2.79. The first-order chi connectivity index (χ1) is 13.1. The number of thiophene rings is 2. The molecule has 1 aliphatic rings. The Labute approximate surface area is 164 Å². The van der Waals surface area contributed by atoms with Gasteiger partial charge < -0.3 is 14.8 Å². The zero-order valence-electron chi connectivity index (χ0n) is 14.8. The van der Waals surface area contributed by atoms with Crippen molar-refractivity contribution >= 4 is 51.6 Å². The van der Waals surface area contributed by atoms with Crippen LogP contribution in [0.4, 0.5) is 5.00 Å². The molecule has 0 spiro atoms. The predicted octanol–water partition coefficient (Wildman–Crippen LogP) is 3.67. The van der Waals surface area contributed by atoms with E-state index in [1.807, 2.05) is 16.8 Å². The van der Waals surface area contributed by atoms with E-state index in [2.05, 4.69) is 5.32 Å². The zero-order chi connectivity index (χ0) is 19.2. The number of hydrogen-bond acceptors (Lipinski definition) is 7. The number of carbonyl (C=O) groups is 3. The van der Waals surface area contributed by atoms with Gasteiger partial charge in [-0.1, -0.05) is 0 Å². The number of esters is 2. The van der Waals surface area contributed by atoms with Crippen molar-refractivity contribution in [2.45, 2.75) is 26.2 Å². The van der Waals surface area contributed by atoms with E-state index >= 15 is 0 Å². The van der Waals surface area contributed by atoms with Gasteiger partial charge in [-0.05, 0) is 60.2 Å². The monoisotopic (exact) mass is 405 g/mol. The number of hydrogen-bond donors (Lipinski definition) is 1. The summed E-state index contributed by atoms with van der Waals surface area (Å²) in [6, 6.07) is 1.87. The van der Waals surface area contributed by atoms with Crippen LogP contribution in [0.3, 0.4) is 0 Å². The summed E-state index contributed by atoms with van der Waals surface area (Å²) in [5.41, 5.74) is 2.30. The Morgan fingerprint density at radius 1 is 1.26 bits per heavy atom. The lowest BCUT2D eigenvalue weighted by Crippen LogP contribution is -2.21. The van der Waals surface area contributed by atoms with Crippen LogP contribution in [0, 0.1) is 0 Å². The average Bonchev–Trinajstić information content (AvgIpc) is 3.35. The van der Waals surface area contributed by atoms with E-state index < -0.39 is 24.5 Å². The van der Waals surface area contributed by atoms with Crippen molar-refractivity contribution in [2.24, 2.45) is 0 Å². The van der Waals surface area contributed by atoms with Crippen molar-refractivity contribution < 1.29 is 23.9 Å². The molecule has 2 aromatic heterocycles. The van der Waals surface area contributed by atoms with Gasteiger partial charge >= 0.3 is 11.9 Å². The maximum atomic E-state index is 12.3. The smallest absolute Gasteiger partial charge is 0.341 e. The molecule has 0 fully saturated rings. The Morgan fingerprint density at radius 3 is 2.85 bits per heavy atom. The third-order valence-corrected chi connectivity index (χ3v) is 5.86. The molecule has 0 bridgehead atoms. The van der Waals surface area contributed by atoms with Crippen LogP contribution in [0.5, 0.6) is 0 Å². The standard InChI is InChI=1S/C19H19NO5S2/c1-2-24-19(23)17-13-4-3-5-14(13)27-18(17)20-15(21)10-25-16(22)7-6-12-8-9-26-11-12/h6-9,11H,2-5,10H2,1H3,(H,20,21)/b7-6+. The quantitative estimate of drug-likeness (QED) is 0.561. The molecule has 0 radical (unpaired) electrons. The molecule has 8 heteroatoms. The van der Waals surface area contributed by atoms with E-state index in [9.17, 15) is 14.4 Å². The molecule has 1 aliphatic carbocycles. The maximum Gasteiger partial charge on any atom is 0.341 e. The third kappa shape index (κ3) is 4.84. The van der Waals surface area contributed by atoms with Gasteiger partial charge in [0.1, 0.15) is 5.00 Å². The van der Waals surface area contributed by atoms with Gasteiger partial charge in [0.15, 0.2) is 6.61 Å². The van der Waals surface area contributed by atoms with Gasteiger partial charge in [0.05, 0.1) is 12.2 Å². The van der Waals surface area contributed by atoms with Gasteiger partial charge in [0, 0.05) is 11.0 Å². The molecule has 0 aliphatic heterocycles. The predicted molar refractivity (Wildman–Crippen MR) is 105 cm³/mol. The molecule has 0 saturated heterocycles. The molecule has 1 amide bonds. The second kappa shape index (κ2) is 8.96. The zero-order valence-corrected chi connectivity index (χ0v) is 16.4. The van der Waals surface area contributed by atoms with Crippen LogP contribution in [-0.2, 0) is 31.9 Å². The summed E-state index contributed by atoms with van der Waals surface area (Å²) in [5, 5.41) is 6.94. The first kappa shape index (κ1) is 19.3. The Bertz CT molecular complexity index is 867. The molecule has 0 saturated carbocycles. The largest absolute Gasteiger partial charge is 0.462 e. The molecule has 27 heavy (non-hydrogen) atoms. The highest BCUT2D eigenvalue weighted by Gasteiger charge is 2.28. The molecule has 142 valence electrons. The Kier molecular flexibility index (Phi) is 6.41. The van der Waals surface area contributed by atoms with Crippen LogP contribution in [0.1, 0.15) is 39.7 Å². The summed E-state index contributed by atoms with van der Waals surface area (Å²) in [6.45, 7) is 1.59. The summed E-state index contributed by atoms with van der Waals surface area (Å²) in [7, 11) is 0. The van der Waals surface area contributed by atoms with Crippen LogP contribution < -0.4 is 5.32 Å². The lowest BCUT2D eigenvalue weighted by atomic mass is 10.1. The maximum absolute atomic E-state index is 12.3. The highest BCUT2D eigenvalue weighted by atomic mass is 32.1. The first-order valence-electron chi connectivity index (χ1n) is 8.57. The highest BCUT2D eigenvalue weighted by molar-refractivity contribution is 7.17. The minimum Gasteiger partial charge on any atom is -0.462 e. The minimum atomic E-state index is -0.601. The number of ether oxygens (including phenoxy) is 2. The van der Waals surface area contributed by atoms with E-state index in [-0.39, 0.29) is 6.61 Å². The van der Waals surface area contributed by atoms with Gasteiger partial charge in [-0.2, -0.15) is 11.3 Å². The lowest BCUT2D eigenvalue weighted by molar-refractivity contribution is -0.142. The number of anilines is 1. The number of aryl methyl sites for hydroxylation is 1. The van der Waals surface area contributed by atoms with Gasteiger partial charge in [-0.3, -0.25) is 4.79 Å². The van der Waals surface area contributed by atoms with Crippen molar-refractivity contribution in [3.05, 3.63) is 44.5 Å². The molecule has 3 rings (SSSR count). The fraction of sp³-hybridized carbons (Fsp3) is 0.316. The second-order valence-electron chi connectivity index (χ2n) is 5.83. The third-order valence-electron chi connectivity index (χ3n) is 3.95. The molecule has 2 heterocycles. The Hall–Kier alpha value is -2.45. The van der Waals surface area contributed by atoms with E-state index in [4.69, 9.17) is 9.47 Å². The summed E-state index contributed by atoms with van der Waals surface area (Å²) < 4.78 is 10.1. The summed E-state index contributed by atoms with van der Waals surface area (Å²) in [6.07, 6.45) is 5.59.